The fourth-order valence-electron chi connectivity index (χ4n) is 0.838. The number of hydrogen-bond donors (Lipinski definition) is 0. The Labute approximate surface area is 85.1 Å². The lowest BCUT2D eigenvalue weighted by atomic mass is 10.3. The van der Waals surface area contributed by atoms with E-state index >= 15 is 0 Å². The van der Waals surface area contributed by atoms with Gasteiger partial charge in [0.1, 0.15) is 17.9 Å². The number of nitriles is 1. The van der Waals surface area contributed by atoms with Crippen molar-refractivity contribution in [2.75, 3.05) is 19.8 Å². The molecular weight excluding hydrogens is 182 g/mol. The summed E-state index contributed by atoms with van der Waals surface area (Å²) in [6, 6.07) is 1.99. The first kappa shape index (κ1) is 12.9. The van der Waals surface area contributed by atoms with Crippen LogP contribution >= 0.6 is 0 Å². The van der Waals surface area contributed by atoms with Gasteiger partial charge < -0.3 is 14.2 Å². The van der Waals surface area contributed by atoms with E-state index in [-0.39, 0.29) is 0 Å². The zero-order valence-electron chi connectivity index (χ0n) is 8.95. The SMILES string of the molecule is CCOC=C(C#N)C(OCC)OCC. The maximum absolute atomic E-state index is 8.82. The number of nitrogens with zero attached hydrogens (tertiary/aromatic N) is 1. The van der Waals surface area contributed by atoms with E-state index in [1.54, 1.807) is 0 Å². The fourth-order valence-corrected chi connectivity index (χ4v) is 0.838. The standard InChI is InChI=1S/C10H17NO3/c1-4-12-8-9(7-11)10(13-5-2)14-6-3/h8,10H,4-6H2,1-3H3. The minimum atomic E-state index is -0.610. The quantitative estimate of drug-likeness (QED) is 0.356. The summed E-state index contributed by atoms with van der Waals surface area (Å²) in [7, 11) is 0. The topological polar surface area (TPSA) is 51.5 Å². The van der Waals surface area contributed by atoms with Gasteiger partial charge in [-0.05, 0) is 20.8 Å². The first-order chi connectivity index (χ1) is 6.79. The highest BCUT2D eigenvalue weighted by Gasteiger charge is 2.14. The lowest BCUT2D eigenvalue weighted by molar-refractivity contribution is -0.109. The summed E-state index contributed by atoms with van der Waals surface area (Å²) in [6.07, 6.45) is 0.775. The van der Waals surface area contributed by atoms with E-state index in [1.165, 1.54) is 6.26 Å². The van der Waals surface area contributed by atoms with Crippen LogP contribution in [0.15, 0.2) is 11.8 Å². The Morgan fingerprint density at radius 3 is 2.14 bits per heavy atom. The van der Waals surface area contributed by atoms with Crippen LogP contribution in [-0.4, -0.2) is 26.1 Å². The van der Waals surface area contributed by atoms with Crippen LogP contribution in [0.4, 0.5) is 0 Å². The van der Waals surface area contributed by atoms with Gasteiger partial charge in [-0.25, -0.2) is 0 Å². The van der Waals surface area contributed by atoms with E-state index in [1.807, 2.05) is 26.8 Å². The van der Waals surface area contributed by atoms with E-state index in [0.29, 0.717) is 25.4 Å². The molecule has 0 N–H and O–H groups in total. The molecule has 0 aliphatic rings. The van der Waals surface area contributed by atoms with Crippen LogP contribution in [0.5, 0.6) is 0 Å². The summed E-state index contributed by atoms with van der Waals surface area (Å²) < 4.78 is 15.5. The molecule has 0 aromatic heterocycles. The van der Waals surface area contributed by atoms with Crippen LogP contribution in [0.3, 0.4) is 0 Å². The molecule has 0 spiro atoms. The molecule has 0 heterocycles. The highest BCUT2D eigenvalue weighted by atomic mass is 16.7. The second-order valence-electron chi connectivity index (χ2n) is 2.38. The molecule has 0 aliphatic heterocycles. The molecule has 80 valence electrons. The molecule has 0 aromatic carbocycles. The summed E-state index contributed by atoms with van der Waals surface area (Å²) in [4.78, 5) is 0. The number of rotatable bonds is 7. The van der Waals surface area contributed by atoms with Gasteiger partial charge in [-0.2, -0.15) is 5.26 Å². The highest BCUT2D eigenvalue weighted by Crippen LogP contribution is 2.08. The maximum Gasteiger partial charge on any atom is 0.196 e. The van der Waals surface area contributed by atoms with Crippen LogP contribution in [0.1, 0.15) is 20.8 Å². The van der Waals surface area contributed by atoms with E-state index in [0.717, 1.165) is 0 Å². The number of ether oxygens (including phenoxy) is 3. The molecule has 0 fully saturated rings. The van der Waals surface area contributed by atoms with Crippen LogP contribution in [0.2, 0.25) is 0 Å². The van der Waals surface area contributed by atoms with E-state index in [9.17, 15) is 0 Å². The maximum atomic E-state index is 8.82. The van der Waals surface area contributed by atoms with Crippen molar-refractivity contribution in [3.63, 3.8) is 0 Å². The van der Waals surface area contributed by atoms with Gasteiger partial charge in [0.05, 0.1) is 6.61 Å². The summed E-state index contributed by atoms with van der Waals surface area (Å²) in [5, 5.41) is 8.82. The summed E-state index contributed by atoms with van der Waals surface area (Å²) in [6.45, 7) is 7.06. The molecule has 0 aromatic rings. The zero-order valence-corrected chi connectivity index (χ0v) is 8.95. The van der Waals surface area contributed by atoms with Crippen molar-refractivity contribution in [2.45, 2.75) is 27.1 Å². The Morgan fingerprint density at radius 1 is 1.21 bits per heavy atom. The van der Waals surface area contributed by atoms with Crippen molar-refractivity contribution in [2.24, 2.45) is 0 Å². The van der Waals surface area contributed by atoms with Gasteiger partial charge >= 0.3 is 0 Å². The molecule has 4 nitrogen and oxygen atoms in total. The Morgan fingerprint density at radius 2 is 1.79 bits per heavy atom. The molecular formula is C10H17NO3. The van der Waals surface area contributed by atoms with Gasteiger partial charge in [0.25, 0.3) is 0 Å². The first-order valence-corrected chi connectivity index (χ1v) is 4.75. The molecule has 0 rings (SSSR count). The molecule has 0 saturated carbocycles. The van der Waals surface area contributed by atoms with Gasteiger partial charge in [0.15, 0.2) is 6.29 Å². The van der Waals surface area contributed by atoms with Crippen LogP contribution in [0, 0.1) is 11.3 Å². The molecule has 0 amide bonds. The van der Waals surface area contributed by atoms with E-state index in [4.69, 9.17) is 19.5 Å². The van der Waals surface area contributed by atoms with Crippen molar-refractivity contribution >= 4 is 0 Å². The predicted octanol–water partition coefficient (Wildman–Crippen LogP) is 1.83. The Bertz CT molecular complexity index is 202. The molecule has 4 heteroatoms. The summed E-state index contributed by atoms with van der Waals surface area (Å²) in [5.41, 5.74) is 0.357. The second kappa shape index (κ2) is 8.54. The van der Waals surface area contributed by atoms with Crippen LogP contribution in [0.25, 0.3) is 0 Å². The Hall–Kier alpha value is -1.05. The van der Waals surface area contributed by atoms with Crippen molar-refractivity contribution < 1.29 is 14.2 Å². The van der Waals surface area contributed by atoms with Gasteiger partial charge in [-0.3, -0.25) is 0 Å². The largest absolute Gasteiger partial charge is 0.500 e. The Kier molecular flexibility index (Phi) is 7.90. The Balaban J connectivity index is 4.34. The van der Waals surface area contributed by atoms with Crippen molar-refractivity contribution in [3.05, 3.63) is 11.8 Å². The van der Waals surface area contributed by atoms with Crippen molar-refractivity contribution in [1.82, 2.24) is 0 Å². The normalized spacial score (nSPS) is 11.5. The molecule has 14 heavy (non-hydrogen) atoms. The zero-order chi connectivity index (χ0) is 10.8. The highest BCUT2D eigenvalue weighted by molar-refractivity contribution is 5.21. The van der Waals surface area contributed by atoms with Gasteiger partial charge in [-0.15, -0.1) is 0 Å². The van der Waals surface area contributed by atoms with Crippen LogP contribution < -0.4 is 0 Å². The molecule has 0 unspecified atom stereocenters. The third-order valence-corrected chi connectivity index (χ3v) is 1.40. The van der Waals surface area contributed by atoms with Crippen molar-refractivity contribution in [3.8, 4) is 6.07 Å². The second-order valence-corrected chi connectivity index (χ2v) is 2.38. The first-order valence-electron chi connectivity index (χ1n) is 4.75. The molecule has 0 radical (unpaired) electrons. The van der Waals surface area contributed by atoms with Crippen molar-refractivity contribution in [1.29, 1.82) is 5.26 Å². The predicted molar refractivity (Wildman–Crippen MR) is 52.4 cm³/mol. The molecule has 0 atom stereocenters. The lowest BCUT2D eigenvalue weighted by Gasteiger charge is -2.15. The molecule has 0 aliphatic carbocycles. The third kappa shape index (κ3) is 4.85. The third-order valence-electron chi connectivity index (χ3n) is 1.40. The summed E-state index contributed by atoms with van der Waals surface area (Å²) >= 11 is 0. The average molecular weight is 199 g/mol. The smallest absolute Gasteiger partial charge is 0.196 e. The average Bonchev–Trinajstić information content (AvgIpc) is 2.19. The van der Waals surface area contributed by atoms with E-state index < -0.39 is 6.29 Å². The van der Waals surface area contributed by atoms with E-state index in [2.05, 4.69) is 0 Å². The lowest BCUT2D eigenvalue weighted by Crippen LogP contribution is -2.19. The molecule has 0 saturated heterocycles. The molecule has 0 bridgehead atoms. The minimum Gasteiger partial charge on any atom is -0.500 e. The number of hydrogen-bond acceptors (Lipinski definition) is 4. The van der Waals surface area contributed by atoms with Gasteiger partial charge in [-0.1, -0.05) is 0 Å². The van der Waals surface area contributed by atoms with Gasteiger partial charge in [0.2, 0.25) is 0 Å². The van der Waals surface area contributed by atoms with Gasteiger partial charge in [0, 0.05) is 13.2 Å². The fraction of sp³-hybridized carbons (Fsp3) is 0.700. The minimum absolute atomic E-state index is 0.357. The summed E-state index contributed by atoms with van der Waals surface area (Å²) in [5.74, 6) is 0. The van der Waals surface area contributed by atoms with Crippen LogP contribution in [-0.2, 0) is 14.2 Å². The monoisotopic (exact) mass is 199 g/mol.